The maximum atomic E-state index is 4.05. The molecule has 0 saturated heterocycles. The smallest absolute Gasteiger partial charge is 0.0946 e. The van der Waals surface area contributed by atoms with Crippen LogP contribution in [0.4, 0.5) is 0 Å². The van der Waals surface area contributed by atoms with Gasteiger partial charge in [-0.2, -0.15) is 0 Å². The maximum absolute atomic E-state index is 4.05. The summed E-state index contributed by atoms with van der Waals surface area (Å²) in [6, 6.07) is 6.99. The van der Waals surface area contributed by atoms with Crippen LogP contribution in [0.1, 0.15) is 23.6 Å². The van der Waals surface area contributed by atoms with E-state index in [1.807, 2.05) is 18.7 Å². The van der Waals surface area contributed by atoms with Crippen molar-refractivity contribution in [2.45, 2.75) is 25.4 Å². The van der Waals surface area contributed by atoms with E-state index in [9.17, 15) is 0 Å². The number of rotatable bonds is 4. The lowest BCUT2D eigenvalue weighted by Crippen LogP contribution is -2.23. The third-order valence-electron chi connectivity index (χ3n) is 3.53. The number of imidazole rings is 1. The number of benzene rings is 1. The van der Waals surface area contributed by atoms with Crippen LogP contribution in [0.2, 0.25) is 0 Å². The molecule has 1 N–H and O–H groups in total. The van der Waals surface area contributed by atoms with Crippen LogP contribution < -0.4 is 5.32 Å². The second-order valence-electron chi connectivity index (χ2n) is 4.65. The molecule has 3 nitrogen and oxygen atoms in total. The van der Waals surface area contributed by atoms with Crippen molar-refractivity contribution in [3.63, 3.8) is 0 Å². The molecule has 4 heteroatoms. The van der Waals surface area contributed by atoms with Crippen molar-refractivity contribution >= 4 is 15.9 Å². The second-order valence-corrected chi connectivity index (χ2v) is 5.51. The summed E-state index contributed by atoms with van der Waals surface area (Å²) in [7, 11) is 0. The predicted molar refractivity (Wildman–Crippen MR) is 75.4 cm³/mol. The largest absolute Gasteiger partial charge is 0.336 e. The fourth-order valence-electron chi connectivity index (χ4n) is 2.61. The minimum absolute atomic E-state index is 0.501. The van der Waals surface area contributed by atoms with Gasteiger partial charge in [0, 0.05) is 36.0 Å². The number of hydrogen-bond donors (Lipinski definition) is 1. The van der Waals surface area contributed by atoms with Gasteiger partial charge in [0.2, 0.25) is 0 Å². The van der Waals surface area contributed by atoms with Crippen molar-refractivity contribution in [1.82, 2.24) is 14.9 Å². The standard InChI is InChI=1S/C14H16BrN3/c15-13-3-1-2-12-11(13)4-5-14(12)17-7-9-18-8-6-16-10-18/h1-3,6,8,10,14,17H,4-5,7,9H2/t14-/m0/s1. The zero-order valence-electron chi connectivity index (χ0n) is 10.1. The van der Waals surface area contributed by atoms with Crippen LogP contribution in [-0.4, -0.2) is 16.1 Å². The van der Waals surface area contributed by atoms with Crippen molar-refractivity contribution in [2.24, 2.45) is 0 Å². The summed E-state index contributed by atoms with van der Waals surface area (Å²) in [5, 5.41) is 3.63. The molecule has 0 fully saturated rings. The first-order chi connectivity index (χ1) is 8.84. The summed E-state index contributed by atoms with van der Waals surface area (Å²) in [5.74, 6) is 0. The van der Waals surface area contributed by atoms with Gasteiger partial charge in [-0.05, 0) is 30.0 Å². The van der Waals surface area contributed by atoms with E-state index < -0.39 is 0 Å². The van der Waals surface area contributed by atoms with E-state index in [0.29, 0.717) is 6.04 Å². The Morgan fingerprint density at radius 2 is 2.39 bits per heavy atom. The summed E-state index contributed by atoms with van der Waals surface area (Å²) in [6.07, 6.45) is 8.05. The summed E-state index contributed by atoms with van der Waals surface area (Å²) < 4.78 is 3.35. The Bertz CT molecular complexity index is 522. The minimum atomic E-state index is 0.501. The van der Waals surface area contributed by atoms with Crippen molar-refractivity contribution in [2.75, 3.05) is 6.54 Å². The van der Waals surface area contributed by atoms with Crippen LogP contribution in [-0.2, 0) is 13.0 Å². The lowest BCUT2D eigenvalue weighted by atomic mass is 10.1. The number of aromatic nitrogens is 2. The highest BCUT2D eigenvalue weighted by molar-refractivity contribution is 9.10. The molecule has 0 radical (unpaired) electrons. The van der Waals surface area contributed by atoms with Crippen LogP contribution in [0.3, 0.4) is 0 Å². The number of nitrogens with zero attached hydrogens (tertiary/aromatic N) is 2. The molecule has 2 aromatic rings. The van der Waals surface area contributed by atoms with E-state index in [0.717, 1.165) is 13.1 Å². The monoisotopic (exact) mass is 305 g/mol. The van der Waals surface area contributed by atoms with E-state index >= 15 is 0 Å². The molecule has 3 rings (SSSR count). The molecule has 94 valence electrons. The second kappa shape index (κ2) is 5.24. The topological polar surface area (TPSA) is 29.9 Å². The number of hydrogen-bond acceptors (Lipinski definition) is 2. The molecule has 1 aromatic heterocycles. The lowest BCUT2D eigenvalue weighted by Gasteiger charge is -2.14. The lowest BCUT2D eigenvalue weighted by molar-refractivity contribution is 0.501. The summed E-state index contributed by atoms with van der Waals surface area (Å²) in [6.45, 7) is 1.95. The zero-order valence-corrected chi connectivity index (χ0v) is 11.7. The van der Waals surface area contributed by atoms with Gasteiger partial charge in [-0.15, -0.1) is 0 Å². The van der Waals surface area contributed by atoms with Gasteiger partial charge in [0.25, 0.3) is 0 Å². The third kappa shape index (κ3) is 2.35. The quantitative estimate of drug-likeness (QED) is 0.941. The molecule has 0 bridgehead atoms. The molecule has 0 amide bonds. The fraction of sp³-hybridized carbons (Fsp3) is 0.357. The molecule has 0 saturated carbocycles. The third-order valence-corrected chi connectivity index (χ3v) is 4.28. The fourth-order valence-corrected chi connectivity index (χ4v) is 3.19. The molecule has 0 aliphatic heterocycles. The Morgan fingerprint density at radius 1 is 1.44 bits per heavy atom. The normalized spacial score (nSPS) is 17.9. The Hall–Kier alpha value is -1.13. The van der Waals surface area contributed by atoms with E-state index in [-0.39, 0.29) is 0 Å². The zero-order chi connectivity index (χ0) is 12.4. The van der Waals surface area contributed by atoms with E-state index in [2.05, 4.69) is 49.0 Å². The summed E-state index contributed by atoms with van der Waals surface area (Å²) in [4.78, 5) is 4.05. The minimum Gasteiger partial charge on any atom is -0.336 e. The van der Waals surface area contributed by atoms with Crippen LogP contribution in [0.25, 0.3) is 0 Å². The molecule has 1 aromatic carbocycles. The van der Waals surface area contributed by atoms with Crippen molar-refractivity contribution in [3.8, 4) is 0 Å². The highest BCUT2D eigenvalue weighted by Gasteiger charge is 2.22. The van der Waals surface area contributed by atoms with Gasteiger partial charge in [0.15, 0.2) is 0 Å². The highest BCUT2D eigenvalue weighted by Crippen LogP contribution is 2.35. The molecule has 1 heterocycles. The van der Waals surface area contributed by atoms with Gasteiger partial charge in [0.05, 0.1) is 6.33 Å². The molecular formula is C14H16BrN3. The summed E-state index contributed by atoms with van der Waals surface area (Å²) in [5.41, 5.74) is 2.92. The van der Waals surface area contributed by atoms with Crippen molar-refractivity contribution in [1.29, 1.82) is 0 Å². The van der Waals surface area contributed by atoms with Gasteiger partial charge in [-0.3, -0.25) is 0 Å². The number of halogens is 1. The van der Waals surface area contributed by atoms with Gasteiger partial charge in [-0.25, -0.2) is 4.98 Å². The Morgan fingerprint density at radius 3 is 3.22 bits per heavy atom. The van der Waals surface area contributed by atoms with E-state index in [1.165, 1.54) is 28.4 Å². The predicted octanol–water partition coefficient (Wildman–Crippen LogP) is 2.92. The first-order valence-electron chi connectivity index (χ1n) is 6.31. The molecule has 0 spiro atoms. The van der Waals surface area contributed by atoms with E-state index in [1.54, 1.807) is 0 Å². The molecule has 18 heavy (non-hydrogen) atoms. The van der Waals surface area contributed by atoms with E-state index in [4.69, 9.17) is 0 Å². The first kappa shape index (κ1) is 11.9. The van der Waals surface area contributed by atoms with Crippen molar-refractivity contribution < 1.29 is 0 Å². The Labute approximate surface area is 115 Å². The average molecular weight is 306 g/mol. The molecule has 1 atom stereocenters. The van der Waals surface area contributed by atoms with Crippen LogP contribution in [0.15, 0.2) is 41.4 Å². The summed E-state index contributed by atoms with van der Waals surface area (Å²) >= 11 is 3.63. The van der Waals surface area contributed by atoms with Gasteiger partial charge >= 0.3 is 0 Å². The highest BCUT2D eigenvalue weighted by atomic mass is 79.9. The Kier molecular flexibility index (Phi) is 3.48. The molecular weight excluding hydrogens is 290 g/mol. The SMILES string of the molecule is Brc1cccc2c1CC[C@@H]2NCCn1ccnc1. The van der Waals surface area contributed by atoms with Gasteiger partial charge in [0.1, 0.15) is 0 Å². The van der Waals surface area contributed by atoms with Crippen LogP contribution in [0.5, 0.6) is 0 Å². The van der Waals surface area contributed by atoms with Gasteiger partial charge in [-0.1, -0.05) is 28.1 Å². The first-order valence-corrected chi connectivity index (χ1v) is 7.10. The molecule has 0 unspecified atom stereocenters. The Balaban J connectivity index is 1.61. The number of nitrogens with one attached hydrogen (secondary N) is 1. The van der Waals surface area contributed by atoms with Gasteiger partial charge < -0.3 is 9.88 Å². The van der Waals surface area contributed by atoms with Crippen molar-refractivity contribution in [3.05, 3.63) is 52.5 Å². The molecule has 1 aliphatic rings. The maximum Gasteiger partial charge on any atom is 0.0946 e. The molecule has 1 aliphatic carbocycles. The van der Waals surface area contributed by atoms with Crippen LogP contribution >= 0.6 is 15.9 Å². The number of fused-ring (bicyclic) bond motifs is 1. The average Bonchev–Trinajstić information content (AvgIpc) is 3.00. The van der Waals surface area contributed by atoms with Crippen LogP contribution in [0, 0.1) is 0 Å².